The summed E-state index contributed by atoms with van der Waals surface area (Å²) in [4.78, 5) is 45.1. The molecule has 168 valence electrons. The SMILES string of the molecule is CC(C)(C)OC(=O)Nc1nc(/C(=N/OC(C)(C)C(=O)OC(C)(C)C)C(=O)O)c(Br)s1. The van der Waals surface area contributed by atoms with Crippen molar-refractivity contribution >= 4 is 56.1 Å². The number of aromatic nitrogens is 1. The van der Waals surface area contributed by atoms with Crippen LogP contribution in [0.4, 0.5) is 9.93 Å². The summed E-state index contributed by atoms with van der Waals surface area (Å²) in [6, 6.07) is 0. The van der Waals surface area contributed by atoms with Crippen molar-refractivity contribution in [1.82, 2.24) is 4.98 Å². The van der Waals surface area contributed by atoms with Crippen LogP contribution in [0.2, 0.25) is 0 Å². The van der Waals surface area contributed by atoms with E-state index < -0.39 is 40.5 Å². The second kappa shape index (κ2) is 9.29. The molecule has 0 bridgehead atoms. The van der Waals surface area contributed by atoms with Crippen LogP contribution >= 0.6 is 27.3 Å². The van der Waals surface area contributed by atoms with Gasteiger partial charge in [0, 0.05) is 0 Å². The van der Waals surface area contributed by atoms with Crippen molar-refractivity contribution in [1.29, 1.82) is 0 Å². The van der Waals surface area contributed by atoms with Crippen LogP contribution in [-0.4, -0.2) is 50.6 Å². The summed E-state index contributed by atoms with van der Waals surface area (Å²) < 4.78 is 10.7. The zero-order chi connectivity index (χ0) is 23.5. The third kappa shape index (κ3) is 8.27. The number of nitrogens with zero attached hydrogens (tertiary/aromatic N) is 2. The van der Waals surface area contributed by atoms with Gasteiger partial charge in [-0.15, -0.1) is 0 Å². The lowest BCUT2D eigenvalue weighted by Crippen LogP contribution is -2.40. The zero-order valence-electron chi connectivity index (χ0n) is 18.1. The summed E-state index contributed by atoms with van der Waals surface area (Å²) in [5.74, 6) is -2.15. The summed E-state index contributed by atoms with van der Waals surface area (Å²) in [5.41, 5.74) is -3.66. The van der Waals surface area contributed by atoms with Crippen molar-refractivity contribution in [2.24, 2.45) is 5.16 Å². The van der Waals surface area contributed by atoms with Crippen LogP contribution in [0, 0.1) is 0 Å². The van der Waals surface area contributed by atoms with Crippen molar-refractivity contribution in [3.8, 4) is 0 Å². The van der Waals surface area contributed by atoms with Crippen LogP contribution in [0.25, 0.3) is 0 Å². The van der Waals surface area contributed by atoms with Gasteiger partial charge in [0.05, 0.1) is 0 Å². The highest BCUT2D eigenvalue weighted by atomic mass is 79.9. The van der Waals surface area contributed by atoms with E-state index in [9.17, 15) is 19.5 Å². The number of carbonyl (C=O) groups is 3. The maximum absolute atomic E-state index is 12.3. The van der Waals surface area contributed by atoms with Gasteiger partial charge in [-0.05, 0) is 71.3 Å². The summed E-state index contributed by atoms with van der Waals surface area (Å²) in [5, 5.41) is 15.6. The van der Waals surface area contributed by atoms with Gasteiger partial charge in [0.1, 0.15) is 20.7 Å². The first kappa shape index (κ1) is 25.8. The number of amides is 1. The topological polar surface area (TPSA) is 136 Å². The van der Waals surface area contributed by atoms with Gasteiger partial charge in [-0.3, -0.25) is 5.32 Å². The first-order valence-corrected chi connectivity index (χ1v) is 10.4. The average molecular weight is 508 g/mol. The Hall–Kier alpha value is -2.21. The molecular weight excluding hydrogens is 482 g/mol. The number of hydrogen-bond acceptors (Lipinski definition) is 9. The Morgan fingerprint density at radius 3 is 2.03 bits per heavy atom. The first-order valence-electron chi connectivity index (χ1n) is 8.81. The van der Waals surface area contributed by atoms with Crippen LogP contribution in [-0.2, 0) is 23.9 Å². The molecule has 0 unspecified atom stereocenters. The molecule has 30 heavy (non-hydrogen) atoms. The molecule has 0 radical (unpaired) electrons. The normalized spacial score (nSPS) is 12.9. The lowest BCUT2D eigenvalue weighted by atomic mass is 10.1. The van der Waals surface area contributed by atoms with E-state index in [-0.39, 0.29) is 14.6 Å². The molecule has 1 heterocycles. The molecule has 1 aromatic rings. The predicted octanol–water partition coefficient (Wildman–Crippen LogP) is 4.18. The van der Waals surface area contributed by atoms with Crippen molar-refractivity contribution in [3.05, 3.63) is 9.48 Å². The lowest BCUT2D eigenvalue weighted by molar-refractivity contribution is -0.179. The molecule has 10 nitrogen and oxygen atoms in total. The summed E-state index contributed by atoms with van der Waals surface area (Å²) in [6.07, 6.45) is -0.744. The zero-order valence-corrected chi connectivity index (χ0v) is 20.5. The van der Waals surface area contributed by atoms with Crippen LogP contribution in [0.5, 0.6) is 0 Å². The molecule has 0 aliphatic rings. The molecule has 12 heteroatoms. The number of hydrogen-bond donors (Lipinski definition) is 2. The summed E-state index contributed by atoms with van der Waals surface area (Å²) in [6.45, 7) is 13.0. The van der Waals surface area contributed by atoms with E-state index in [1.54, 1.807) is 41.5 Å². The number of anilines is 1. The van der Waals surface area contributed by atoms with Crippen LogP contribution in [0.15, 0.2) is 8.94 Å². The van der Waals surface area contributed by atoms with Gasteiger partial charge in [0.2, 0.25) is 11.3 Å². The molecule has 0 atom stereocenters. The standard InChI is InChI=1S/C18H26BrN3O7S/c1-16(2,3)27-13(25)18(7,8)29-22-10(12(23)24)9-11(19)30-14(20-9)21-15(26)28-17(4,5)6/h1-8H3,(H,23,24)(H,20,21,26)/b22-10-. The Labute approximate surface area is 187 Å². The first-order chi connectivity index (χ1) is 13.4. The molecule has 0 saturated carbocycles. The highest BCUT2D eigenvalue weighted by Crippen LogP contribution is 2.30. The van der Waals surface area contributed by atoms with E-state index >= 15 is 0 Å². The molecule has 0 aliphatic carbocycles. The molecule has 2 N–H and O–H groups in total. The van der Waals surface area contributed by atoms with E-state index in [1.807, 2.05) is 0 Å². The van der Waals surface area contributed by atoms with Gasteiger partial charge in [-0.1, -0.05) is 16.5 Å². The predicted molar refractivity (Wildman–Crippen MR) is 115 cm³/mol. The number of carboxylic acid groups (broad SMARTS) is 1. The largest absolute Gasteiger partial charge is 0.476 e. The highest BCUT2D eigenvalue weighted by Gasteiger charge is 2.36. The number of carboxylic acids is 1. The van der Waals surface area contributed by atoms with Crippen LogP contribution in [0.3, 0.4) is 0 Å². The molecule has 1 aromatic heterocycles. The molecule has 0 spiro atoms. The Morgan fingerprint density at radius 2 is 1.57 bits per heavy atom. The number of esters is 1. The van der Waals surface area contributed by atoms with Crippen LogP contribution in [0.1, 0.15) is 61.1 Å². The van der Waals surface area contributed by atoms with E-state index in [1.165, 1.54) is 13.8 Å². The number of rotatable bonds is 6. The van der Waals surface area contributed by atoms with Crippen LogP contribution < -0.4 is 5.32 Å². The van der Waals surface area contributed by atoms with Gasteiger partial charge < -0.3 is 19.4 Å². The van der Waals surface area contributed by atoms with E-state index in [0.717, 1.165) is 11.3 Å². The number of oxime groups is 1. The van der Waals surface area contributed by atoms with Crippen molar-refractivity contribution in [3.63, 3.8) is 0 Å². The molecule has 0 aromatic carbocycles. The van der Waals surface area contributed by atoms with E-state index in [4.69, 9.17) is 14.3 Å². The number of carbonyl (C=O) groups excluding carboxylic acids is 2. The smallest absolute Gasteiger partial charge is 0.413 e. The fraction of sp³-hybridized carbons (Fsp3) is 0.611. The number of thiazole rings is 1. The van der Waals surface area contributed by atoms with Crippen molar-refractivity contribution in [2.45, 2.75) is 72.2 Å². The van der Waals surface area contributed by atoms with Crippen molar-refractivity contribution in [2.75, 3.05) is 5.32 Å². The second-order valence-electron chi connectivity index (χ2n) is 8.62. The molecule has 1 amide bonds. The third-order valence-corrected chi connectivity index (χ3v) is 4.50. The fourth-order valence-electron chi connectivity index (χ4n) is 1.67. The molecule has 0 saturated heterocycles. The summed E-state index contributed by atoms with van der Waals surface area (Å²) >= 11 is 4.16. The monoisotopic (exact) mass is 507 g/mol. The van der Waals surface area contributed by atoms with Gasteiger partial charge >= 0.3 is 18.0 Å². The Bertz CT molecular complexity index is 851. The number of halogens is 1. The Balaban J connectivity index is 3.08. The lowest BCUT2D eigenvalue weighted by Gasteiger charge is -2.26. The minimum atomic E-state index is -1.55. The van der Waals surface area contributed by atoms with Gasteiger partial charge in [-0.25, -0.2) is 19.4 Å². The Kier molecular flexibility index (Phi) is 8.00. The third-order valence-electron chi connectivity index (χ3n) is 2.88. The Morgan fingerprint density at radius 1 is 1.03 bits per heavy atom. The fourth-order valence-corrected chi connectivity index (χ4v) is 3.09. The number of ether oxygens (including phenoxy) is 2. The molecule has 0 aliphatic heterocycles. The van der Waals surface area contributed by atoms with Gasteiger partial charge in [-0.2, -0.15) is 0 Å². The number of nitrogens with one attached hydrogen (secondary N) is 1. The average Bonchev–Trinajstić information content (AvgIpc) is 2.83. The maximum Gasteiger partial charge on any atom is 0.413 e. The quantitative estimate of drug-likeness (QED) is 0.332. The van der Waals surface area contributed by atoms with Gasteiger partial charge in [0.25, 0.3) is 0 Å². The number of aliphatic carboxylic acids is 1. The van der Waals surface area contributed by atoms with E-state index in [2.05, 4.69) is 31.4 Å². The maximum atomic E-state index is 12.3. The van der Waals surface area contributed by atoms with Crippen molar-refractivity contribution < 1.29 is 33.8 Å². The minimum absolute atomic E-state index is 0.0847. The molecular formula is C18H26BrN3O7S. The summed E-state index contributed by atoms with van der Waals surface area (Å²) in [7, 11) is 0. The molecule has 0 fully saturated rings. The minimum Gasteiger partial charge on any atom is -0.476 e. The van der Waals surface area contributed by atoms with Gasteiger partial charge in [0.15, 0.2) is 5.13 Å². The van der Waals surface area contributed by atoms with E-state index in [0.29, 0.717) is 0 Å². The second-order valence-corrected chi connectivity index (χ2v) is 10.9. The molecule has 1 rings (SSSR count). The highest BCUT2D eigenvalue weighted by molar-refractivity contribution is 9.11.